The molecule has 1 aromatic rings. The Labute approximate surface area is 98.0 Å². The molecule has 1 saturated carbocycles. The van der Waals surface area contributed by atoms with Gasteiger partial charge in [0.05, 0.1) is 5.54 Å². The van der Waals surface area contributed by atoms with Crippen LogP contribution in [-0.4, -0.2) is 11.4 Å². The lowest BCUT2D eigenvalue weighted by Gasteiger charge is -2.36. The van der Waals surface area contributed by atoms with Gasteiger partial charge in [-0.05, 0) is 25.3 Å². The van der Waals surface area contributed by atoms with Crippen molar-refractivity contribution in [2.45, 2.75) is 31.3 Å². The third-order valence-electron chi connectivity index (χ3n) is 3.15. The third kappa shape index (κ3) is 2.44. The van der Waals surface area contributed by atoms with E-state index in [0.717, 1.165) is 18.6 Å². The number of amides is 1. The number of rotatable bonds is 3. The number of benzene rings is 1. The van der Waals surface area contributed by atoms with Crippen LogP contribution >= 0.6 is 0 Å². The van der Waals surface area contributed by atoms with E-state index in [1.54, 1.807) is 0 Å². The molecule has 0 spiro atoms. The zero-order valence-corrected chi connectivity index (χ0v) is 9.30. The van der Waals surface area contributed by atoms with Gasteiger partial charge in [0.1, 0.15) is 11.6 Å². The van der Waals surface area contributed by atoms with Crippen molar-refractivity contribution in [1.29, 1.82) is 0 Å². The molecule has 0 aliphatic heterocycles. The molecule has 0 heterocycles. The Hall–Kier alpha value is -1.49. The van der Waals surface area contributed by atoms with Gasteiger partial charge in [0.15, 0.2) is 0 Å². The van der Waals surface area contributed by atoms with Crippen molar-refractivity contribution in [3.63, 3.8) is 0 Å². The molecule has 0 aromatic heterocycles. The van der Waals surface area contributed by atoms with E-state index in [2.05, 4.69) is 5.32 Å². The normalized spacial score (nSPS) is 17.4. The van der Waals surface area contributed by atoms with E-state index in [1.807, 2.05) is 0 Å². The Kier molecular flexibility index (Phi) is 3.11. The first kappa shape index (κ1) is 12.0. The molecular formula is C12H14F2N2O. The van der Waals surface area contributed by atoms with Crippen molar-refractivity contribution in [3.8, 4) is 0 Å². The van der Waals surface area contributed by atoms with Gasteiger partial charge in [-0.3, -0.25) is 4.79 Å². The average Bonchev–Trinajstić information content (AvgIpc) is 2.24. The largest absolute Gasteiger partial charge is 0.350 e. The van der Waals surface area contributed by atoms with Crippen molar-refractivity contribution in [2.75, 3.05) is 0 Å². The molecule has 0 atom stereocenters. The van der Waals surface area contributed by atoms with E-state index < -0.39 is 17.2 Å². The minimum Gasteiger partial charge on any atom is -0.350 e. The van der Waals surface area contributed by atoms with Crippen molar-refractivity contribution >= 4 is 5.91 Å². The van der Waals surface area contributed by atoms with Gasteiger partial charge in [0, 0.05) is 18.2 Å². The second-order valence-electron chi connectivity index (χ2n) is 4.43. The summed E-state index contributed by atoms with van der Waals surface area (Å²) >= 11 is 0. The van der Waals surface area contributed by atoms with Gasteiger partial charge in [0.2, 0.25) is 5.91 Å². The molecule has 1 fully saturated rings. The molecule has 0 unspecified atom stereocenters. The quantitative estimate of drug-likeness (QED) is 0.840. The minimum atomic E-state index is -0.795. The second-order valence-corrected chi connectivity index (χ2v) is 4.43. The molecule has 5 heteroatoms. The number of carbonyl (C=O) groups excluding carboxylic acids is 1. The summed E-state index contributed by atoms with van der Waals surface area (Å²) in [6, 6.07) is 3.27. The van der Waals surface area contributed by atoms with Gasteiger partial charge in [-0.2, -0.15) is 0 Å². The second kappa shape index (κ2) is 4.41. The summed E-state index contributed by atoms with van der Waals surface area (Å²) in [5.41, 5.74) is 5.26. The molecule has 17 heavy (non-hydrogen) atoms. The van der Waals surface area contributed by atoms with Crippen molar-refractivity contribution < 1.29 is 13.6 Å². The van der Waals surface area contributed by atoms with Crippen LogP contribution in [-0.2, 0) is 11.3 Å². The monoisotopic (exact) mass is 240 g/mol. The Bertz CT molecular complexity index is 444. The van der Waals surface area contributed by atoms with Gasteiger partial charge in [-0.15, -0.1) is 0 Å². The van der Waals surface area contributed by atoms with Gasteiger partial charge < -0.3 is 11.1 Å². The fourth-order valence-corrected chi connectivity index (χ4v) is 1.80. The van der Waals surface area contributed by atoms with Crippen molar-refractivity contribution in [3.05, 3.63) is 35.4 Å². The lowest BCUT2D eigenvalue weighted by Crippen LogP contribution is -2.58. The van der Waals surface area contributed by atoms with E-state index in [0.29, 0.717) is 12.8 Å². The molecule has 2 rings (SSSR count). The van der Waals surface area contributed by atoms with Gasteiger partial charge in [0.25, 0.3) is 0 Å². The fourth-order valence-electron chi connectivity index (χ4n) is 1.80. The van der Waals surface area contributed by atoms with Crippen LogP contribution < -0.4 is 11.1 Å². The van der Waals surface area contributed by atoms with Crippen LogP contribution in [0.5, 0.6) is 0 Å². The maximum absolute atomic E-state index is 13.3. The van der Waals surface area contributed by atoms with E-state index in [1.165, 1.54) is 6.07 Å². The predicted molar refractivity (Wildman–Crippen MR) is 59.0 cm³/mol. The molecule has 1 aliphatic rings. The maximum atomic E-state index is 13.3. The van der Waals surface area contributed by atoms with E-state index in [9.17, 15) is 13.6 Å². The number of nitrogens with two attached hydrogens (primary N) is 1. The zero-order valence-electron chi connectivity index (χ0n) is 9.30. The van der Waals surface area contributed by atoms with E-state index in [4.69, 9.17) is 5.73 Å². The summed E-state index contributed by atoms with van der Waals surface area (Å²) in [6.45, 7) is 0.0316. The van der Waals surface area contributed by atoms with Crippen LogP contribution in [0.2, 0.25) is 0 Å². The van der Waals surface area contributed by atoms with Crippen LogP contribution in [0, 0.1) is 11.6 Å². The highest BCUT2D eigenvalue weighted by atomic mass is 19.1. The number of hydrogen-bond acceptors (Lipinski definition) is 2. The molecule has 0 bridgehead atoms. The third-order valence-corrected chi connectivity index (χ3v) is 3.15. The summed E-state index contributed by atoms with van der Waals surface area (Å²) in [5.74, 6) is -1.57. The lowest BCUT2D eigenvalue weighted by molar-refractivity contribution is -0.129. The molecule has 3 nitrogen and oxygen atoms in total. The van der Waals surface area contributed by atoms with Crippen LogP contribution in [0.15, 0.2) is 18.2 Å². The van der Waals surface area contributed by atoms with Gasteiger partial charge in [-0.1, -0.05) is 6.07 Å². The van der Waals surface area contributed by atoms with Crippen LogP contribution in [0.3, 0.4) is 0 Å². The van der Waals surface area contributed by atoms with Crippen LogP contribution in [0.25, 0.3) is 0 Å². The summed E-state index contributed by atoms with van der Waals surface area (Å²) in [6.07, 6.45) is 2.25. The van der Waals surface area contributed by atoms with E-state index >= 15 is 0 Å². The lowest BCUT2D eigenvalue weighted by atomic mass is 9.77. The highest BCUT2D eigenvalue weighted by molar-refractivity contribution is 5.86. The molecule has 0 radical (unpaired) electrons. The Morgan fingerprint density at radius 2 is 2.12 bits per heavy atom. The van der Waals surface area contributed by atoms with Crippen LogP contribution in [0.4, 0.5) is 8.78 Å². The minimum absolute atomic E-state index is 0.0316. The molecule has 92 valence electrons. The molecule has 1 aromatic carbocycles. The molecule has 1 amide bonds. The smallest absolute Gasteiger partial charge is 0.240 e. The summed E-state index contributed by atoms with van der Waals surface area (Å²) in [5, 5.41) is 2.58. The Balaban J connectivity index is 1.95. The SMILES string of the molecule is NC1(C(=O)NCc2ccc(F)cc2F)CCC1. The predicted octanol–water partition coefficient (Wildman–Crippen LogP) is 1.46. The zero-order chi connectivity index (χ0) is 12.5. The summed E-state index contributed by atoms with van der Waals surface area (Å²) in [7, 11) is 0. The van der Waals surface area contributed by atoms with Crippen LogP contribution in [0.1, 0.15) is 24.8 Å². The fraction of sp³-hybridized carbons (Fsp3) is 0.417. The Morgan fingerprint density at radius 3 is 2.65 bits per heavy atom. The van der Waals surface area contributed by atoms with E-state index in [-0.39, 0.29) is 18.0 Å². The number of hydrogen-bond donors (Lipinski definition) is 2. The molecule has 0 saturated heterocycles. The first-order chi connectivity index (χ1) is 8.01. The van der Waals surface area contributed by atoms with Gasteiger partial charge in [-0.25, -0.2) is 8.78 Å². The topological polar surface area (TPSA) is 55.1 Å². The number of nitrogens with one attached hydrogen (secondary N) is 1. The highest BCUT2D eigenvalue weighted by Gasteiger charge is 2.39. The highest BCUT2D eigenvalue weighted by Crippen LogP contribution is 2.29. The van der Waals surface area contributed by atoms with Gasteiger partial charge >= 0.3 is 0 Å². The molecule has 1 aliphatic carbocycles. The summed E-state index contributed by atoms with van der Waals surface area (Å²) in [4.78, 5) is 11.7. The first-order valence-corrected chi connectivity index (χ1v) is 5.52. The average molecular weight is 240 g/mol. The molecular weight excluding hydrogens is 226 g/mol. The number of carbonyl (C=O) groups is 1. The van der Waals surface area contributed by atoms with Crippen molar-refractivity contribution in [1.82, 2.24) is 5.32 Å². The standard InChI is InChI=1S/C12H14F2N2O/c13-9-3-2-8(10(14)6-9)7-16-11(17)12(15)4-1-5-12/h2-3,6H,1,4-5,7,15H2,(H,16,17). The molecule has 3 N–H and O–H groups in total. The first-order valence-electron chi connectivity index (χ1n) is 5.52. The maximum Gasteiger partial charge on any atom is 0.240 e. The Morgan fingerprint density at radius 1 is 1.41 bits per heavy atom. The van der Waals surface area contributed by atoms with Crippen molar-refractivity contribution in [2.24, 2.45) is 5.73 Å². The summed E-state index contributed by atoms with van der Waals surface area (Å²) < 4.78 is 25.9. The number of halogens is 2.